The highest BCUT2D eigenvalue weighted by atomic mass is 16.5. The van der Waals surface area contributed by atoms with E-state index in [0.717, 1.165) is 33.4 Å². The molecule has 2 aliphatic heterocycles. The maximum absolute atomic E-state index is 13.8. The molecule has 6 rings (SSSR count). The van der Waals surface area contributed by atoms with E-state index in [2.05, 4.69) is 14.1 Å². The second-order valence-electron chi connectivity index (χ2n) is 20.0. The number of unbranched alkanes of at least 4 members (excludes halogenated alkanes) is 3. The molecule has 16 nitrogen and oxygen atoms in total. The van der Waals surface area contributed by atoms with Crippen LogP contribution in [0.5, 0.6) is 46.0 Å². The van der Waals surface area contributed by atoms with Gasteiger partial charge in [-0.15, -0.1) is 0 Å². The molecule has 2 aliphatic rings. The summed E-state index contributed by atoms with van der Waals surface area (Å²) < 4.78 is 57.5. The highest BCUT2D eigenvalue weighted by molar-refractivity contribution is 5.98. The first-order valence-corrected chi connectivity index (χ1v) is 25.4. The minimum Gasteiger partial charge on any atom is -0.493 e. The summed E-state index contributed by atoms with van der Waals surface area (Å²) in [6, 6.07) is 19.5. The number of fused-ring (bicyclic) bond motifs is 2. The van der Waals surface area contributed by atoms with Gasteiger partial charge in [0.2, 0.25) is 0 Å². The van der Waals surface area contributed by atoms with Gasteiger partial charge in [-0.2, -0.15) is 0 Å². The summed E-state index contributed by atoms with van der Waals surface area (Å²) in [5, 5.41) is 0. The van der Waals surface area contributed by atoms with Crippen LogP contribution < -0.4 is 37.9 Å². The fourth-order valence-corrected chi connectivity index (χ4v) is 10.9. The summed E-state index contributed by atoms with van der Waals surface area (Å²) >= 11 is 0. The number of ketones is 2. The van der Waals surface area contributed by atoms with Crippen molar-refractivity contribution in [3.8, 4) is 46.0 Å². The maximum Gasteiger partial charge on any atom is 0.322 e. The zero-order valence-electron chi connectivity index (χ0n) is 45.6. The molecule has 0 fully saturated rings. The van der Waals surface area contributed by atoms with Crippen molar-refractivity contribution in [2.75, 3.05) is 110 Å². The molecule has 74 heavy (non-hydrogen) atoms. The van der Waals surface area contributed by atoms with E-state index in [-0.39, 0.29) is 50.0 Å². The first-order valence-electron chi connectivity index (χ1n) is 25.4. The number of likely N-dealkylation sites (N-methyl/N-ethyl adjacent to an activating group) is 2. The lowest BCUT2D eigenvalue weighted by molar-refractivity contribution is -0.942. The van der Waals surface area contributed by atoms with Crippen molar-refractivity contribution in [2.45, 2.75) is 77.3 Å². The molecule has 0 N–H and O–H groups in total. The van der Waals surface area contributed by atoms with E-state index >= 15 is 0 Å². The van der Waals surface area contributed by atoms with Crippen LogP contribution >= 0.6 is 0 Å². The summed E-state index contributed by atoms with van der Waals surface area (Å²) in [5.41, 5.74) is 6.39. The third-order valence-corrected chi connectivity index (χ3v) is 15.3. The predicted molar refractivity (Wildman–Crippen MR) is 279 cm³/mol. The quantitative estimate of drug-likeness (QED) is 0.0244. The van der Waals surface area contributed by atoms with E-state index in [1.807, 2.05) is 60.7 Å². The largest absolute Gasteiger partial charge is 0.493 e. The van der Waals surface area contributed by atoms with E-state index in [1.54, 1.807) is 56.9 Å². The van der Waals surface area contributed by atoms with Crippen LogP contribution in [0.25, 0.3) is 0 Å². The molecule has 0 saturated heterocycles. The molecule has 4 aromatic carbocycles. The van der Waals surface area contributed by atoms with Crippen LogP contribution in [0.2, 0.25) is 0 Å². The highest BCUT2D eigenvalue weighted by Crippen LogP contribution is 2.46. The van der Waals surface area contributed by atoms with Gasteiger partial charge in [-0.3, -0.25) is 19.2 Å². The van der Waals surface area contributed by atoms with Gasteiger partial charge in [0.15, 0.2) is 57.8 Å². The van der Waals surface area contributed by atoms with Crippen LogP contribution in [0.15, 0.2) is 60.7 Å². The second-order valence-corrected chi connectivity index (χ2v) is 20.0. The Kier molecular flexibility index (Phi) is 19.7. The minimum absolute atomic E-state index is 0.149. The lowest BCUT2D eigenvalue weighted by Gasteiger charge is -2.47. The van der Waals surface area contributed by atoms with Gasteiger partial charge in [0, 0.05) is 36.8 Å². The van der Waals surface area contributed by atoms with Gasteiger partial charge in [-0.05, 0) is 110 Å². The average Bonchev–Trinajstić information content (AvgIpc) is 3.40. The first-order chi connectivity index (χ1) is 35.5. The van der Waals surface area contributed by atoms with Crippen molar-refractivity contribution in [3.05, 3.63) is 94.0 Å². The number of quaternary nitrogens is 2. The molecule has 16 heteroatoms. The molecule has 0 aliphatic carbocycles. The summed E-state index contributed by atoms with van der Waals surface area (Å²) in [4.78, 5) is 54.2. The molecular weight excluding hydrogens is 949 g/mol. The SMILES string of the molecule is COc1ccc(CC2c3cc(OC)c(OC)cc3CC[N+]2(C)CC(C(C)=O)C(=O)OCCCCCCOC(=O)C(C[N+]2(C)CCc3cc(OC)c(OC)cc3C2Cc2ccc(OC)c(OC)c2)C(C)=O)cc1OC. The summed E-state index contributed by atoms with van der Waals surface area (Å²) in [5.74, 6) is 1.46. The van der Waals surface area contributed by atoms with Crippen LogP contribution in [-0.4, -0.2) is 143 Å². The lowest BCUT2D eigenvalue weighted by Crippen LogP contribution is -2.56. The number of hydrogen-bond acceptors (Lipinski definition) is 14. The van der Waals surface area contributed by atoms with Gasteiger partial charge in [0.05, 0.1) is 110 Å². The van der Waals surface area contributed by atoms with Crippen molar-refractivity contribution in [1.29, 1.82) is 0 Å². The van der Waals surface area contributed by atoms with Crippen molar-refractivity contribution >= 4 is 23.5 Å². The fourth-order valence-electron chi connectivity index (χ4n) is 10.9. The van der Waals surface area contributed by atoms with E-state index in [1.165, 1.54) is 13.8 Å². The highest BCUT2D eigenvalue weighted by Gasteiger charge is 2.46. The number of benzene rings is 4. The van der Waals surface area contributed by atoms with Gasteiger partial charge in [-0.1, -0.05) is 12.1 Å². The van der Waals surface area contributed by atoms with Crippen molar-refractivity contribution in [3.63, 3.8) is 0 Å². The van der Waals surface area contributed by atoms with Gasteiger partial charge >= 0.3 is 11.9 Å². The number of methoxy groups -OCH3 is 8. The predicted octanol–water partition coefficient (Wildman–Crippen LogP) is 8.09. The maximum atomic E-state index is 13.8. The third-order valence-electron chi connectivity index (χ3n) is 15.3. The van der Waals surface area contributed by atoms with E-state index < -0.39 is 23.8 Å². The Balaban J connectivity index is 1.05. The van der Waals surface area contributed by atoms with Gasteiger partial charge < -0.3 is 56.3 Å². The van der Waals surface area contributed by atoms with Crippen LogP contribution in [0.4, 0.5) is 0 Å². The lowest BCUT2D eigenvalue weighted by atomic mass is 9.85. The molecule has 6 atom stereocenters. The molecule has 0 spiro atoms. The Hall–Kier alpha value is -6.52. The Morgan fingerprint density at radius 2 is 0.784 bits per heavy atom. The number of carbonyl (C=O) groups excluding carboxylic acids is 4. The zero-order chi connectivity index (χ0) is 53.7. The molecule has 0 aromatic heterocycles. The zero-order valence-corrected chi connectivity index (χ0v) is 45.6. The molecule has 2 heterocycles. The molecule has 4 aromatic rings. The van der Waals surface area contributed by atoms with Gasteiger partial charge in [-0.25, -0.2) is 0 Å². The van der Waals surface area contributed by atoms with Crippen molar-refractivity contribution in [1.82, 2.24) is 0 Å². The number of hydrogen-bond donors (Lipinski definition) is 0. The van der Waals surface area contributed by atoms with Crippen LogP contribution in [0, 0.1) is 11.8 Å². The van der Waals surface area contributed by atoms with Crippen molar-refractivity contribution in [2.24, 2.45) is 11.8 Å². The summed E-state index contributed by atoms with van der Waals surface area (Å²) in [6.07, 6.45) is 5.14. The van der Waals surface area contributed by atoms with Gasteiger partial charge in [0.25, 0.3) is 0 Å². The third kappa shape index (κ3) is 13.0. The Morgan fingerprint density at radius 3 is 1.11 bits per heavy atom. The molecule has 0 radical (unpaired) electrons. The second kappa shape index (κ2) is 25.6. The Labute approximate surface area is 437 Å². The summed E-state index contributed by atoms with van der Waals surface area (Å²) in [6.45, 7) is 5.05. The number of rotatable bonds is 27. The Morgan fingerprint density at radius 1 is 0.459 bits per heavy atom. The van der Waals surface area contributed by atoms with Gasteiger partial charge in [0.1, 0.15) is 23.7 Å². The standard InChI is InChI=1S/C58H78N2O14/c1-37(61)45(35-59(3)23-21-41-31-53(69-9)55(71-11)33-43(41)47(59)27-39-17-19-49(65-5)51(29-39)67-7)57(63)73-25-15-13-14-16-26-74-58(64)46(38(2)62)36-60(4)24-22-42-32-54(70-10)56(72-12)34-44(42)48(60)28-40-18-20-50(66-6)52(30-40)68-8/h17-20,29-34,45-48H,13-16,21-28,35-36H2,1-12H3/q+2. The molecule has 0 bridgehead atoms. The number of esters is 2. The number of carbonyl (C=O) groups is 4. The topological polar surface area (TPSA) is 161 Å². The molecular formula is C58H78N2O14+2. The molecule has 402 valence electrons. The number of Topliss-reactive ketones (excluding diaryl/α,β-unsaturated/α-hetero) is 2. The smallest absolute Gasteiger partial charge is 0.322 e. The van der Waals surface area contributed by atoms with Crippen LogP contribution in [0.1, 0.15) is 85.0 Å². The Bertz CT molecular complexity index is 2440. The summed E-state index contributed by atoms with van der Waals surface area (Å²) in [7, 11) is 17.1. The molecule has 6 unspecified atom stereocenters. The molecule has 0 amide bonds. The molecule has 0 saturated carbocycles. The van der Waals surface area contributed by atoms with E-state index in [4.69, 9.17) is 47.4 Å². The van der Waals surface area contributed by atoms with E-state index in [0.29, 0.717) is 119 Å². The average molecular weight is 1030 g/mol. The van der Waals surface area contributed by atoms with Crippen LogP contribution in [0.3, 0.4) is 0 Å². The number of ether oxygens (including phenoxy) is 10. The normalized spacial score (nSPS) is 19.6. The van der Waals surface area contributed by atoms with E-state index in [9.17, 15) is 19.2 Å². The first kappa shape index (κ1) is 56.8. The number of nitrogens with zero attached hydrogens (tertiary/aromatic N) is 2. The minimum atomic E-state index is -0.972. The van der Waals surface area contributed by atoms with Crippen LogP contribution in [-0.2, 0) is 54.3 Å². The van der Waals surface area contributed by atoms with Crippen molar-refractivity contribution < 1.29 is 75.5 Å². The monoisotopic (exact) mass is 1030 g/mol. The fraction of sp³-hybridized carbons (Fsp3) is 0.517.